The van der Waals surface area contributed by atoms with Gasteiger partial charge in [0.1, 0.15) is 17.0 Å². The number of rotatable bonds is 7. The van der Waals surface area contributed by atoms with Crippen molar-refractivity contribution < 1.29 is 19.4 Å². The van der Waals surface area contributed by atoms with Gasteiger partial charge in [-0.2, -0.15) is 0 Å². The standard InChI is InChI=1S/C16H25NO4/c1-10(9-16(3,17)15(18)19)11(2)13-8-12(20-4)6-7-14(13)21-5/h6-8,10-11H,9,17H2,1-5H3,(H,18,19). The molecule has 0 saturated heterocycles. The Balaban J connectivity index is 3.01. The highest BCUT2D eigenvalue weighted by Gasteiger charge is 2.32. The van der Waals surface area contributed by atoms with Crippen LogP contribution in [-0.2, 0) is 4.79 Å². The van der Waals surface area contributed by atoms with Gasteiger partial charge in [-0.15, -0.1) is 0 Å². The number of methoxy groups -OCH3 is 2. The molecular weight excluding hydrogens is 270 g/mol. The number of benzene rings is 1. The zero-order valence-corrected chi connectivity index (χ0v) is 13.3. The quantitative estimate of drug-likeness (QED) is 0.808. The molecule has 0 aliphatic carbocycles. The summed E-state index contributed by atoms with van der Waals surface area (Å²) in [5.74, 6) is 0.705. The van der Waals surface area contributed by atoms with Crippen LogP contribution in [0, 0.1) is 5.92 Å². The fourth-order valence-corrected chi connectivity index (χ4v) is 2.43. The van der Waals surface area contributed by atoms with Crippen LogP contribution >= 0.6 is 0 Å². The number of hydrogen-bond donors (Lipinski definition) is 2. The molecule has 0 heterocycles. The largest absolute Gasteiger partial charge is 0.497 e. The van der Waals surface area contributed by atoms with Crippen LogP contribution in [0.1, 0.15) is 38.7 Å². The first kappa shape index (κ1) is 17.3. The second-order valence-corrected chi connectivity index (χ2v) is 5.80. The number of hydrogen-bond acceptors (Lipinski definition) is 4. The maximum Gasteiger partial charge on any atom is 0.323 e. The number of carboxylic acids is 1. The van der Waals surface area contributed by atoms with Gasteiger partial charge in [0, 0.05) is 5.56 Å². The fourth-order valence-electron chi connectivity index (χ4n) is 2.43. The Morgan fingerprint density at radius 3 is 2.43 bits per heavy atom. The Kier molecular flexibility index (Phi) is 5.61. The molecular formula is C16H25NO4. The third-order valence-electron chi connectivity index (χ3n) is 4.02. The molecule has 1 rings (SSSR count). The molecule has 3 unspecified atom stereocenters. The zero-order chi connectivity index (χ0) is 16.2. The summed E-state index contributed by atoms with van der Waals surface area (Å²) in [5, 5.41) is 9.16. The van der Waals surface area contributed by atoms with Gasteiger partial charge in [-0.05, 0) is 43.4 Å². The lowest BCUT2D eigenvalue weighted by molar-refractivity contribution is -0.143. The molecule has 0 saturated carbocycles. The molecule has 1 aromatic carbocycles. The van der Waals surface area contributed by atoms with E-state index in [9.17, 15) is 4.79 Å². The molecule has 5 heteroatoms. The first-order valence-corrected chi connectivity index (χ1v) is 6.97. The van der Waals surface area contributed by atoms with E-state index >= 15 is 0 Å². The Labute approximate surface area is 126 Å². The Hall–Kier alpha value is -1.75. The minimum atomic E-state index is -1.24. The number of carboxylic acid groups (broad SMARTS) is 1. The molecule has 3 atom stereocenters. The van der Waals surface area contributed by atoms with Crippen LogP contribution in [0.3, 0.4) is 0 Å². The van der Waals surface area contributed by atoms with Crippen molar-refractivity contribution in [3.8, 4) is 11.5 Å². The second-order valence-electron chi connectivity index (χ2n) is 5.80. The summed E-state index contributed by atoms with van der Waals surface area (Å²) in [6.07, 6.45) is 0.379. The monoisotopic (exact) mass is 295 g/mol. The minimum absolute atomic E-state index is 0.0807. The maximum atomic E-state index is 11.2. The smallest absolute Gasteiger partial charge is 0.323 e. The molecule has 0 aliphatic heterocycles. The molecule has 0 aliphatic rings. The van der Waals surface area contributed by atoms with Gasteiger partial charge in [-0.25, -0.2) is 0 Å². The van der Waals surface area contributed by atoms with Crippen LogP contribution in [0.25, 0.3) is 0 Å². The SMILES string of the molecule is COc1ccc(OC)c(C(C)C(C)CC(C)(N)C(=O)O)c1. The van der Waals surface area contributed by atoms with E-state index in [0.29, 0.717) is 6.42 Å². The van der Waals surface area contributed by atoms with Gasteiger partial charge in [0.05, 0.1) is 14.2 Å². The Bertz CT molecular complexity index is 499. The molecule has 0 aromatic heterocycles. The van der Waals surface area contributed by atoms with E-state index in [1.165, 1.54) is 0 Å². The van der Waals surface area contributed by atoms with Crippen molar-refractivity contribution in [2.75, 3.05) is 14.2 Å². The topological polar surface area (TPSA) is 81.8 Å². The number of ether oxygens (including phenoxy) is 2. The van der Waals surface area contributed by atoms with Crippen molar-refractivity contribution in [2.24, 2.45) is 11.7 Å². The van der Waals surface area contributed by atoms with Crippen molar-refractivity contribution >= 4 is 5.97 Å². The van der Waals surface area contributed by atoms with Gasteiger partial charge >= 0.3 is 5.97 Å². The van der Waals surface area contributed by atoms with Crippen molar-refractivity contribution in [1.82, 2.24) is 0 Å². The van der Waals surface area contributed by atoms with Gasteiger partial charge in [-0.3, -0.25) is 4.79 Å². The summed E-state index contributed by atoms with van der Waals surface area (Å²) < 4.78 is 10.6. The van der Waals surface area contributed by atoms with Gasteiger partial charge in [-0.1, -0.05) is 13.8 Å². The molecule has 0 radical (unpaired) electrons. The lowest BCUT2D eigenvalue weighted by Crippen LogP contribution is -2.46. The van der Waals surface area contributed by atoms with Gasteiger partial charge in [0.25, 0.3) is 0 Å². The van der Waals surface area contributed by atoms with Crippen LogP contribution < -0.4 is 15.2 Å². The van der Waals surface area contributed by atoms with E-state index in [1.54, 1.807) is 21.1 Å². The van der Waals surface area contributed by atoms with Gasteiger partial charge in [0.2, 0.25) is 0 Å². The number of nitrogens with two attached hydrogens (primary N) is 1. The van der Waals surface area contributed by atoms with Crippen LogP contribution in [-0.4, -0.2) is 30.8 Å². The van der Waals surface area contributed by atoms with Crippen LogP contribution in [0.15, 0.2) is 18.2 Å². The van der Waals surface area contributed by atoms with Crippen molar-refractivity contribution in [3.63, 3.8) is 0 Å². The number of aliphatic carboxylic acids is 1. The Morgan fingerprint density at radius 1 is 1.33 bits per heavy atom. The van der Waals surface area contributed by atoms with E-state index in [1.807, 2.05) is 32.0 Å². The van der Waals surface area contributed by atoms with E-state index < -0.39 is 11.5 Å². The third-order valence-corrected chi connectivity index (χ3v) is 4.02. The average Bonchev–Trinajstić information content (AvgIpc) is 2.44. The molecule has 0 amide bonds. The molecule has 21 heavy (non-hydrogen) atoms. The highest BCUT2D eigenvalue weighted by molar-refractivity contribution is 5.77. The maximum absolute atomic E-state index is 11.2. The fraction of sp³-hybridized carbons (Fsp3) is 0.562. The number of carbonyl (C=O) groups is 1. The lowest BCUT2D eigenvalue weighted by Gasteiger charge is -2.28. The highest BCUT2D eigenvalue weighted by atomic mass is 16.5. The summed E-state index contributed by atoms with van der Waals surface area (Å²) in [6, 6.07) is 5.62. The first-order chi connectivity index (χ1) is 9.72. The van der Waals surface area contributed by atoms with Crippen LogP contribution in [0.4, 0.5) is 0 Å². The summed E-state index contributed by atoms with van der Waals surface area (Å²) in [7, 11) is 3.23. The highest BCUT2D eigenvalue weighted by Crippen LogP contribution is 2.37. The first-order valence-electron chi connectivity index (χ1n) is 6.97. The molecule has 1 aromatic rings. The molecule has 118 valence electrons. The second kappa shape index (κ2) is 6.80. The normalized spacial score (nSPS) is 16.7. The molecule has 0 spiro atoms. The van der Waals surface area contributed by atoms with E-state index in [2.05, 4.69) is 0 Å². The van der Waals surface area contributed by atoms with Crippen molar-refractivity contribution in [3.05, 3.63) is 23.8 Å². The molecule has 3 N–H and O–H groups in total. The summed E-state index contributed by atoms with van der Waals surface area (Å²) in [5.41, 5.74) is 5.60. The molecule has 0 fully saturated rings. The van der Waals surface area contributed by atoms with E-state index in [0.717, 1.165) is 17.1 Å². The summed E-state index contributed by atoms with van der Waals surface area (Å²) in [6.45, 7) is 5.58. The van der Waals surface area contributed by atoms with E-state index in [-0.39, 0.29) is 11.8 Å². The third kappa shape index (κ3) is 4.11. The predicted octanol–water partition coefficient (Wildman–Crippen LogP) is 2.64. The lowest BCUT2D eigenvalue weighted by atomic mass is 9.80. The zero-order valence-electron chi connectivity index (χ0n) is 13.3. The average molecular weight is 295 g/mol. The minimum Gasteiger partial charge on any atom is -0.497 e. The van der Waals surface area contributed by atoms with E-state index in [4.69, 9.17) is 20.3 Å². The van der Waals surface area contributed by atoms with Gasteiger partial charge < -0.3 is 20.3 Å². The molecule has 0 bridgehead atoms. The van der Waals surface area contributed by atoms with Gasteiger partial charge in [0.15, 0.2) is 0 Å². The van der Waals surface area contributed by atoms with Crippen LogP contribution in [0.2, 0.25) is 0 Å². The Morgan fingerprint density at radius 2 is 1.95 bits per heavy atom. The summed E-state index contributed by atoms with van der Waals surface area (Å²) >= 11 is 0. The molecule has 5 nitrogen and oxygen atoms in total. The predicted molar refractivity (Wildman–Crippen MR) is 82.0 cm³/mol. The summed E-state index contributed by atoms with van der Waals surface area (Å²) in [4.78, 5) is 11.2. The van der Waals surface area contributed by atoms with Crippen molar-refractivity contribution in [2.45, 2.75) is 38.6 Å². The van der Waals surface area contributed by atoms with Crippen molar-refractivity contribution in [1.29, 1.82) is 0 Å². The van der Waals surface area contributed by atoms with Crippen LogP contribution in [0.5, 0.6) is 11.5 Å².